The number of thioether (sulfide) groups is 1. The molecule has 0 amide bonds. The van der Waals surface area contributed by atoms with E-state index in [0.29, 0.717) is 5.56 Å². The zero-order valence-corrected chi connectivity index (χ0v) is 12.7. The minimum atomic E-state index is 0.0473. The van der Waals surface area contributed by atoms with Crippen LogP contribution in [0.5, 0.6) is 5.75 Å². The highest BCUT2D eigenvalue weighted by molar-refractivity contribution is 7.98. The molecule has 2 aromatic rings. The summed E-state index contributed by atoms with van der Waals surface area (Å²) < 4.78 is 5.58. The molecular formula is C17H18O2S. The summed E-state index contributed by atoms with van der Waals surface area (Å²) in [7, 11) is 0. The molecule has 0 bridgehead atoms. The van der Waals surface area contributed by atoms with Crippen LogP contribution in [0.3, 0.4) is 0 Å². The summed E-state index contributed by atoms with van der Waals surface area (Å²) in [4.78, 5) is 13.5. The van der Waals surface area contributed by atoms with Gasteiger partial charge >= 0.3 is 0 Å². The van der Waals surface area contributed by atoms with Gasteiger partial charge in [-0.2, -0.15) is 0 Å². The predicted molar refractivity (Wildman–Crippen MR) is 83.9 cm³/mol. The maximum atomic E-state index is 12.5. The molecule has 0 N–H and O–H groups in total. The molecule has 0 aliphatic carbocycles. The third-order valence-corrected chi connectivity index (χ3v) is 3.64. The third kappa shape index (κ3) is 3.42. The Labute approximate surface area is 124 Å². The van der Waals surface area contributed by atoms with E-state index in [1.54, 1.807) is 11.8 Å². The van der Waals surface area contributed by atoms with Crippen molar-refractivity contribution in [2.24, 2.45) is 0 Å². The van der Waals surface area contributed by atoms with E-state index in [1.165, 1.54) is 0 Å². The molecular weight excluding hydrogens is 268 g/mol. The summed E-state index contributed by atoms with van der Waals surface area (Å²) in [6.07, 6.45) is 2.11. The van der Waals surface area contributed by atoms with Gasteiger partial charge in [0.15, 0.2) is 5.78 Å². The van der Waals surface area contributed by atoms with Crippen molar-refractivity contribution in [3.8, 4) is 5.75 Å². The van der Waals surface area contributed by atoms with Gasteiger partial charge < -0.3 is 4.74 Å². The van der Waals surface area contributed by atoms with Gasteiger partial charge in [-0.05, 0) is 56.5 Å². The minimum absolute atomic E-state index is 0.0473. The van der Waals surface area contributed by atoms with Gasteiger partial charge in [-0.1, -0.05) is 12.1 Å². The first-order chi connectivity index (χ1) is 9.61. The molecule has 0 aromatic heterocycles. The van der Waals surface area contributed by atoms with Gasteiger partial charge in [0.2, 0.25) is 0 Å². The lowest BCUT2D eigenvalue weighted by atomic mass is 10.0. The number of rotatable bonds is 5. The Morgan fingerprint density at radius 3 is 2.30 bits per heavy atom. The van der Waals surface area contributed by atoms with Crippen molar-refractivity contribution in [3.63, 3.8) is 0 Å². The van der Waals surface area contributed by atoms with Crippen LogP contribution in [0.2, 0.25) is 0 Å². The second-order valence-corrected chi connectivity index (χ2v) is 5.57. The van der Waals surface area contributed by atoms with E-state index < -0.39 is 0 Å². The molecule has 0 radical (unpaired) electrons. The molecule has 0 aliphatic rings. The van der Waals surface area contributed by atoms with Gasteiger partial charge in [0.1, 0.15) is 5.75 Å². The van der Waals surface area contributed by atoms with E-state index in [0.717, 1.165) is 16.2 Å². The smallest absolute Gasteiger partial charge is 0.194 e. The largest absolute Gasteiger partial charge is 0.491 e. The predicted octanol–water partition coefficient (Wildman–Crippen LogP) is 4.43. The number of ether oxygens (including phenoxy) is 1. The van der Waals surface area contributed by atoms with Crippen LogP contribution in [0, 0.1) is 0 Å². The van der Waals surface area contributed by atoms with Crippen molar-refractivity contribution in [1.82, 2.24) is 0 Å². The van der Waals surface area contributed by atoms with E-state index in [-0.39, 0.29) is 11.9 Å². The summed E-state index contributed by atoms with van der Waals surface area (Å²) in [5.41, 5.74) is 1.43. The first kappa shape index (κ1) is 14.7. The Morgan fingerprint density at radius 1 is 1.05 bits per heavy atom. The molecule has 0 spiro atoms. The maximum absolute atomic E-state index is 12.5. The van der Waals surface area contributed by atoms with Crippen molar-refractivity contribution in [1.29, 1.82) is 0 Å². The normalized spacial score (nSPS) is 10.6. The first-order valence-electron chi connectivity index (χ1n) is 6.56. The van der Waals surface area contributed by atoms with Crippen molar-refractivity contribution in [2.75, 3.05) is 6.26 Å². The average Bonchev–Trinajstić information content (AvgIpc) is 2.46. The van der Waals surface area contributed by atoms with E-state index in [2.05, 4.69) is 0 Å². The molecule has 20 heavy (non-hydrogen) atoms. The summed E-state index contributed by atoms with van der Waals surface area (Å²) in [5.74, 6) is 0.834. The average molecular weight is 286 g/mol. The lowest BCUT2D eigenvalue weighted by molar-refractivity contribution is 0.103. The van der Waals surface area contributed by atoms with Crippen LogP contribution in [0.15, 0.2) is 53.4 Å². The van der Waals surface area contributed by atoms with Crippen molar-refractivity contribution in [2.45, 2.75) is 24.8 Å². The fourth-order valence-electron chi connectivity index (χ4n) is 1.94. The second-order valence-electron chi connectivity index (χ2n) is 4.72. The number of ketones is 1. The molecule has 0 saturated heterocycles. The van der Waals surface area contributed by atoms with E-state index >= 15 is 0 Å². The van der Waals surface area contributed by atoms with Gasteiger partial charge in [-0.3, -0.25) is 4.79 Å². The SMILES string of the molecule is CSc1ccccc1C(=O)c1ccc(OC(C)C)cc1. The minimum Gasteiger partial charge on any atom is -0.491 e. The number of hydrogen-bond donors (Lipinski definition) is 0. The molecule has 2 nitrogen and oxygen atoms in total. The molecule has 0 unspecified atom stereocenters. The Balaban J connectivity index is 2.25. The van der Waals surface area contributed by atoms with Gasteiger partial charge in [0, 0.05) is 16.0 Å². The molecule has 2 rings (SSSR count). The first-order valence-corrected chi connectivity index (χ1v) is 7.78. The summed E-state index contributed by atoms with van der Waals surface area (Å²) in [6.45, 7) is 3.96. The Kier molecular flexibility index (Phi) is 4.85. The molecule has 0 fully saturated rings. The van der Waals surface area contributed by atoms with Gasteiger partial charge in [-0.15, -0.1) is 11.8 Å². The van der Waals surface area contributed by atoms with Crippen LogP contribution < -0.4 is 4.74 Å². The van der Waals surface area contributed by atoms with E-state index in [4.69, 9.17) is 4.74 Å². The summed E-state index contributed by atoms with van der Waals surface area (Å²) in [5, 5.41) is 0. The highest BCUT2D eigenvalue weighted by Crippen LogP contribution is 2.23. The van der Waals surface area contributed by atoms with Crippen LogP contribution in [-0.4, -0.2) is 18.1 Å². The van der Waals surface area contributed by atoms with Gasteiger partial charge in [0.25, 0.3) is 0 Å². The molecule has 0 aliphatic heterocycles. The molecule has 0 saturated carbocycles. The van der Waals surface area contributed by atoms with Crippen molar-refractivity contribution in [3.05, 3.63) is 59.7 Å². The number of benzene rings is 2. The fraction of sp³-hybridized carbons (Fsp3) is 0.235. The van der Waals surface area contributed by atoms with E-state index in [1.807, 2.05) is 68.6 Å². The second kappa shape index (κ2) is 6.62. The molecule has 0 heterocycles. The lowest BCUT2D eigenvalue weighted by Crippen LogP contribution is -2.06. The van der Waals surface area contributed by atoms with Crippen molar-refractivity contribution < 1.29 is 9.53 Å². The maximum Gasteiger partial charge on any atom is 0.194 e. The van der Waals surface area contributed by atoms with Crippen LogP contribution in [-0.2, 0) is 0 Å². The van der Waals surface area contributed by atoms with E-state index in [9.17, 15) is 4.79 Å². The molecule has 0 atom stereocenters. The van der Waals surface area contributed by atoms with Crippen LogP contribution in [0.1, 0.15) is 29.8 Å². The monoisotopic (exact) mass is 286 g/mol. The topological polar surface area (TPSA) is 26.3 Å². The number of hydrogen-bond acceptors (Lipinski definition) is 3. The molecule has 2 aromatic carbocycles. The van der Waals surface area contributed by atoms with Gasteiger partial charge in [-0.25, -0.2) is 0 Å². The quantitative estimate of drug-likeness (QED) is 0.601. The Hall–Kier alpha value is -1.74. The Bertz CT molecular complexity index is 588. The Morgan fingerprint density at radius 2 is 1.70 bits per heavy atom. The molecule has 3 heteroatoms. The van der Waals surface area contributed by atoms with Gasteiger partial charge in [0.05, 0.1) is 6.10 Å². The summed E-state index contributed by atoms with van der Waals surface area (Å²) in [6, 6.07) is 15.0. The van der Waals surface area contributed by atoms with Crippen molar-refractivity contribution >= 4 is 17.5 Å². The van der Waals surface area contributed by atoms with Crippen LogP contribution in [0.25, 0.3) is 0 Å². The van der Waals surface area contributed by atoms with Crippen LogP contribution in [0.4, 0.5) is 0 Å². The standard InChI is InChI=1S/C17H18O2S/c1-12(2)19-14-10-8-13(9-11-14)17(18)15-6-4-5-7-16(15)20-3/h4-12H,1-3H3. The fourth-order valence-corrected chi connectivity index (χ4v) is 2.54. The highest BCUT2D eigenvalue weighted by atomic mass is 32.2. The summed E-state index contributed by atoms with van der Waals surface area (Å²) >= 11 is 1.58. The highest BCUT2D eigenvalue weighted by Gasteiger charge is 2.12. The zero-order chi connectivity index (χ0) is 14.5. The zero-order valence-electron chi connectivity index (χ0n) is 11.9. The third-order valence-electron chi connectivity index (χ3n) is 2.84. The van der Waals surface area contributed by atoms with Crippen LogP contribution >= 0.6 is 11.8 Å². The number of carbonyl (C=O) groups excluding carboxylic acids is 1. The molecule has 104 valence electrons. The lowest BCUT2D eigenvalue weighted by Gasteiger charge is -2.10. The number of carbonyl (C=O) groups is 1.